The van der Waals surface area contributed by atoms with Crippen LogP contribution in [-0.4, -0.2) is 15.8 Å². The van der Waals surface area contributed by atoms with Gasteiger partial charge >= 0.3 is 0 Å². The van der Waals surface area contributed by atoms with Crippen molar-refractivity contribution in [2.75, 3.05) is 0 Å². The Morgan fingerprint density at radius 1 is 1.67 bits per heavy atom. The standard InChI is InChI=1S/Cd.HNO3.H2O/c;2-1(3)4;/h;(H,2,3,4);1H2. The molecule has 0 aliphatic carbocycles. The van der Waals surface area contributed by atoms with Crippen molar-refractivity contribution >= 4 is 0 Å². The summed E-state index contributed by atoms with van der Waals surface area (Å²) in [7, 11) is 0. The van der Waals surface area contributed by atoms with Crippen LogP contribution in [-0.2, 0) is 27.3 Å². The van der Waals surface area contributed by atoms with Crippen molar-refractivity contribution in [3.63, 3.8) is 0 Å². The molecule has 0 aliphatic heterocycles. The van der Waals surface area contributed by atoms with E-state index >= 15 is 0 Å². The summed E-state index contributed by atoms with van der Waals surface area (Å²) < 4.78 is 0. The molecule has 0 atom stereocenters. The third kappa shape index (κ3) is 5760. The number of rotatable bonds is 0. The zero-order chi connectivity index (χ0) is 3.58. The van der Waals surface area contributed by atoms with E-state index in [0.29, 0.717) is 0 Å². The first-order chi connectivity index (χ1) is 1.73. The first-order valence-electron chi connectivity index (χ1n) is 0.565. The molecule has 0 aromatic rings. The molecule has 0 amide bonds. The van der Waals surface area contributed by atoms with Gasteiger partial charge in [-0.15, -0.1) is 10.1 Å². The summed E-state index contributed by atoms with van der Waals surface area (Å²) in [6.45, 7) is 0. The van der Waals surface area contributed by atoms with Crippen LogP contribution in [0.4, 0.5) is 0 Å². The number of hydrogen-bond acceptors (Lipinski definition) is 2. The molecule has 0 aliphatic rings. The minimum atomic E-state index is -1.50. The molecule has 0 radical (unpaired) electrons. The quantitative estimate of drug-likeness (QED) is 0.298. The van der Waals surface area contributed by atoms with Gasteiger partial charge in [0.2, 0.25) is 0 Å². The average molecular weight is 193 g/mol. The molecule has 0 aromatic heterocycles. The van der Waals surface area contributed by atoms with E-state index in [1.165, 1.54) is 0 Å². The Morgan fingerprint density at radius 3 is 1.67 bits per heavy atom. The van der Waals surface area contributed by atoms with E-state index in [9.17, 15) is 0 Å². The predicted molar refractivity (Wildman–Crippen MR) is 12.4 cm³/mol. The minimum absolute atomic E-state index is 0. The van der Waals surface area contributed by atoms with Gasteiger partial charge in [-0.05, 0) is 0 Å². The first kappa shape index (κ1) is 16.5. The van der Waals surface area contributed by atoms with Crippen molar-refractivity contribution in [2.45, 2.75) is 0 Å². The molecule has 34 valence electrons. The van der Waals surface area contributed by atoms with Crippen LogP contribution < -0.4 is 0 Å². The van der Waals surface area contributed by atoms with Crippen LogP contribution in [0, 0.1) is 10.1 Å². The second-order valence-electron chi connectivity index (χ2n) is 0.238. The van der Waals surface area contributed by atoms with Gasteiger partial charge in [0.05, 0.1) is 0 Å². The molecule has 0 aromatic carbocycles. The van der Waals surface area contributed by atoms with Crippen LogP contribution >= 0.6 is 0 Å². The summed E-state index contributed by atoms with van der Waals surface area (Å²) in [5, 5.41) is 13.6. The Kier molecular flexibility index (Phi) is 24.6. The Labute approximate surface area is 53.5 Å². The molecule has 5 nitrogen and oxygen atoms in total. The van der Waals surface area contributed by atoms with Crippen molar-refractivity contribution in [3.05, 3.63) is 10.1 Å². The molecular formula is H3CdNO4. The van der Waals surface area contributed by atoms with Crippen molar-refractivity contribution < 1.29 is 43.1 Å². The van der Waals surface area contributed by atoms with Crippen LogP contribution in [0.2, 0.25) is 0 Å². The van der Waals surface area contributed by atoms with Crippen LogP contribution in [0.1, 0.15) is 0 Å². The molecule has 0 saturated heterocycles. The minimum Gasteiger partial charge on any atom is -0.412 e. The van der Waals surface area contributed by atoms with Crippen molar-refractivity contribution in [3.8, 4) is 0 Å². The summed E-state index contributed by atoms with van der Waals surface area (Å²) in [5.41, 5.74) is 0. The number of nitrogens with zero attached hydrogens (tertiary/aromatic N) is 1. The molecule has 0 fully saturated rings. The Morgan fingerprint density at radius 2 is 1.67 bits per heavy atom. The summed E-state index contributed by atoms with van der Waals surface area (Å²) in [6, 6.07) is 0. The van der Waals surface area contributed by atoms with Gasteiger partial charge in [-0.3, -0.25) is 0 Å². The monoisotopic (exact) mass is 195 g/mol. The third-order valence-corrected chi connectivity index (χ3v) is 0. The van der Waals surface area contributed by atoms with Gasteiger partial charge < -0.3 is 10.7 Å². The van der Waals surface area contributed by atoms with Crippen LogP contribution in [0.5, 0.6) is 0 Å². The van der Waals surface area contributed by atoms with Crippen LogP contribution in [0.25, 0.3) is 0 Å². The average Bonchev–Trinajstić information content (AvgIpc) is 0.811. The maximum absolute atomic E-state index is 8.36. The largest absolute Gasteiger partial charge is 0.412 e. The Balaban J connectivity index is -0.0000000450. The van der Waals surface area contributed by atoms with Gasteiger partial charge in [0.25, 0.3) is 5.09 Å². The molecule has 0 rings (SSSR count). The zero-order valence-electron chi connectivity index (χ0n) is 2.92. The predicted octanol–water partition coefficient (Wildman–Crippen LogP) is -1.17. The van der Waals surface area contributed by atoms with Gasteiger partial charge in [0.1, 0.15) is 0 Å². The van der Waals surface area contributed by atoms with E-state index in [-0.39, 0.29) is 32.8 Å². The first-order valence-corrected chi connectivity index (χ1v) is 0.565. The Bertz CT molecular complexity index is 30.5. The van der Waals surface area contributed by atoms with Crippen molar-refractivity contribution in [2.24, 2.45) is 0 Å². The van der Waals surface area contributed by atoms with Crippen LogP contribution in [0.3, 0.4) is 0 Å². The molecule has 6 heavy (non-hydrogen) atoms. The maximum Gasteiger partial charge on any atom is 0.291 e. The second kappa shape index (κ2) is 8.91. The smallest absolute Gasteiger partial charge is 0.291 e. The van der Waals surface area contributed by atoms with E-state index in [0.717, 1.165) is 0 Å². The third-order valence-electron chi connectivity index (χ3n) is 0. The van der Waals surface area contributed by atoms with E-state index in [2.05, 4.69) is 0 Å². The molecule has 6 heteroatoms. The number of hydrogen-bond donors (Lipinski definition) is 1. The van der Waals surface area contributed by atoms with Crippen molar-refractivity contribution in [1.82, 2.24) is 0 Å². The molecule has 3 N–H and O–H groups in total. The molecule has 0 spiro atoms. The van der Waals surface area contributed by atoms with E-state index in [1.807, 2.05) is 0 Å². The van der Waals surface area contributed by atoms with Gasteiger partial charge in [0.15, 0.2) is 0 Å². The van der Waals surface area contributed by atoms with E-state index in [4.69, 9.17) is 15.3 Å². The zero-order valence-corrected chi connectivity index (χ0v) is 6.95. The fraction of sp³-hybridized carbons (Fsp3) is 0. The van der Waals surface area contributed by atoms with Gasteiger partial charge in [0, 0.05) is 27.3 Å². The van der Waals surface area contributed by atoms with E-state index in [1.54, 1.807) is 0 Å². The normalized spacial score (nSPS) is 4.00. The summed E-state index contributed by atoms with van der Waals surface area (Å²) in [5.74, 6) is 0. The van der Waals surface area contributed by atoms with Gasteiger partial charge in [-0.25, -0.2) is 0 Å². The summed E-state index contributed by atoms with van der Waals surface area (Å²) >= 11 is 0. The van der Waals surface area contributed by atoms with E-state index < -0.39 is 5.09 Å². The molecule has 0 heterocycles. The Hall–Kier alpha value is 0.0821. The molecule has 0 unspecified atom stereocenters. The fourth-order valence-corrected chi connectivity index (χ4v) is 0. The maximum atomic E-state index is 8.36. The molecule has 0 bridgehead atoms. The fourth-order valence-electron chi connectivity index (χ4n) is 0. The van der Waals surface area contributed by atoms with Crippen molar-refractivity contribution in [1.29, 1.82) is 0 Å². The SMILES string of the molecule is O.O=[N+]([O-])O.[Cd]. The molecule has 0 saturated carbocycles. The summed E-state index contributed by atoms with van der Waals surface area (Å²) in [6.07, 6.45) is 0. The van der Waals surface area contributed by atoms with Crippen LogP contribution in [0.15, 0.2) is 0 Å². The van der Waals surface area contributed by atoms with Gasteiger partial charge in [-0.2, -0.15) is 0 Å². The van der Waals surface area contributed by atoms with Gasteiger partial charge in [-0.1, -0.05) is 0 Å². The second-order valence-corrected chi connectivity index (χ2v) is 0.238. The summed E-state index contributed by atoms with van der Waals surface area (Å²) in [4.78, 5) is 8.36. The molecular weight excluding hydrogens is 190 g/mol. The topological polar surface area (TPSA) is 94.9 Å².